The molecule has 3 rings (SSSR count). The summed E-state index contributed by atoms with van der Waals surface area (Å²) in [5, 5.41) is 9.35. The van der Waals surface area contributed by atoms with Crippen LogP contribution in [0.3, 0.4) is 0 Å². The number of hydrogen-bond donors (Lipinski definition) is 2. The lowest BCUT2D eigenvalue weighted by atomic mass is 9.60. The van der Waals surface area contributed by atoms with Gasteiger partial charge in [0.15, 0.2) is 0 Å². The molecule has 0 saturated heterocycles. The summed E-state index contributed by atoms with van der Waals surface area (Å²) in [6.45, 7) is 0.381. The Morgan fingerprint density at radius 2 is 2.13 bits per heavy atom. The van der Waals surface area contributed by atoms with Crippen molar-refractivity contribution in [1.82, 2.24) is 0 Å². The van der Waals surface area contributed by atoms with Crippen LogP contribution in [0.4, 0.5) is 0 Å². The van der Waals surface area contributed by atoms with Crippen molar-refractivity contribution in [2.24, 2.45) is 28.9 Å². The molecular weight excluding hydrogens is 186 g/mol. The zero-order valence-electron chi connectivity index (χ0n) is 9.49. The van der Waals surface area contributed by atoms with Gasteiger partial charge >= 0.3 is 0 Å². The highest BCUT2D eigenvalue weighted by atomic mass is 16.3. The zero-order valence-corrected chi connectivity index (χ0v) is 9.49. The molecule has 0 heterocycles. The Bertz CT molecular complexity index is 251. The van der Waals surface area contributed by atoms with Gasteiger partial charge in [0.25, 0.3) is 0 Å². The molecule has 3 N–H and O–H groups in total. The normalized spacial score (nSPS) is 54.0. The Morgan fingerprint density at radius 1 is 1.27 bits per heavy atom. The van der Waals surface area contributed by atoms with Gasteiger partial charge in [-0.3, -0.25) is 0 Å². The zero-order chi connectivity index (χ0) is 10.5. The number of aliphatic hydroxyl groups excluding tert-OH is 1. The lowest BCUT2D eigenvalue weighted by Crippen LogP contribution is -2.49. The van der Waals surface area contributed by atoms with Crippen LogP contribution in [-0.2, 0) is 0 Å². The van der Waals surface area contributed by atoms with Crippen LogP contribution in [0.15, 0.2) is 0 Å². The molecule has 2 unspecified atom stereocenters. The molecule has 3 fully saturated rings. The summed E-state index contributed by atoms with van der Waals surface area (Å²) in [5.74, 6) is 2.25. The molecule has 0 radical (unpaired) electrons. The van der Waals surface area contributed by atoms with Gasteiger partial charge in [0.2, 0.25) is 0 Å². The first kappa shape index (κ1) is 10.1. The summed E-state index contributed by atoms with van der Waals surface area (Å²) >= 11 is 0. The van der Waals surface area contributed by atoms with Gasteiger partial charge in [0.05, 0.1) is 0 Å². The van der Waals surface area contributed by atoms with Crippen LogP contribution in [0.2, 0.25) is 0 Å². The number of nitrogens with two attached hydrogens (primary N) is 1. The first-order valence-electron chi connectivity index (χ1n) is 6.63. The predicted octanol–water partition coefficient (Wildman–Crippen LogP) is 1.91. The molecule has 3 aliphatic carbocycles. The maximum Gasteiger partial charge on any atom is 0.0459 e. The second-order valence-corrected chi connectivity index (χ2v) is 6.17. The Labute approximate surface area is 92.2 Å². The Morgan fingerprint density at radius 3 is 2.80 bits per heavy atom. The SMILES string of the molecule is N[C@@H]1C2CCC(C2)[C@]12CCC[C@H](CO)C2. The molecule has 0 aliphatic heterocycles. The molecule has 3 saturated carbocycles. The van der Waals surface area contributed by atoms with Crippen molar-refractivity contribution in [1.29, 1.82) is 0 Å². The molecule has 0 aromatic carbocycles. The third-order valence-electron chi connectivity index (χ3n) is 5.64. The number of rotatable bonds is 1. The van der Waals surface area contributed by atoms with Crippen molar-refractivity contribution >= 4 is 0 Å². The largest absolute Gasteiger partial charge is 0.396 e. The number of aliphatic hydroxyl groups is 1. The highest BCUT2D eigenvalue weighted by Crippen LogP contribution is 2.61. The first-order valence-corrected chi connectivity index (χ1v) is 6.63. The number of fused-ring (bicyclic) bond motifs is 3. The van der Waals surface area contributed by atoms with Gasteiger partial charge in [0, 0.05) is 12.6 Å². The average molecular weight is 209 g/mol. The van der Waals surface area contributed by atoms with E-state index in [1.807, 2.05) is 0 Å². The first-order chi connectivity index (χ1) is 7.26. The summed E-state index contributed by atoms with van der Waals surface area (Å²) in [4.78, 5) is 0. The summed E-state index contributed by atoms with van der Waals surface area (Å²) in [6, 6.07) is 0.450. The van der Waals surface area contributed by atoms with Crippen molar-refractivity contribution in [3.8, 4) is 0 Å². The Kier molecular flexibility index (Phi) is 2.33. The highest BCUT2D eigenvalue weighted by Gasteiger charge is 2.57. The molecular formula is C13H23NO. The van der Waals surface area contributed by atoms with Crippen LogP contribution in [0.1, 0.15) is 44.9 Å². The fourth-order valence-corrected chi connectivity index (χ4v) is 4.90. The third-order valence-corrected chi connectivity index (χ3v) is 5.64. The molecule has 3 aliphatic rings. The van der Waals surface area contributed by atoms with Crippen molar-refractivity contribution < 1.29 is 5.11 Å². The minimum Gasteiger partial charge on any atom is -0.396 e. The average Bonchev–Trinajstić information content (AvgIpc) is 2.84. The second kappa shape index (κ2) is 3.46. The van der Waals surface area contributed by atoms with Crippen molar-refractivity contribution in [3.05, 3.63) is 0 Å². The lowest BCUT2D eigenvalue weighted by Gasteiger charge is -2.47. The smallest absolute Gasteiger partial charge is 0.0459 e. The van der Waals surface area contributed by atoms with Crippen LogP contribution < -0.4 is 5.73 Å². The van der Waals surface area contributed by atoms with Crippen LogP contribution in [0.5, 0.6) is 0 Å². The van der Waals surface area contributed by atoms with Crippen molar-refractivity contribution in [3.63, 3.8) is 0 Å². The maximum absolute atomic E-state index is 9.35. The quantitative estimate of drug-likeness (QED) is 0.693. The standard InChI is InChI=1S/C13H23NO/c14-12-10-3-4-11(6-10)13(12)5-1-2-9(7-13)8-15/h9-12,15H,1-8,14H2/t9-,10?,11?,12+,13+/m0/s1. The molecule has 0 aromatic heterocycles. The molecule has 0 amide bonds. The van der Waals surface area contributed by atoms with E-state index in [0.717, 1.165) is 11.8 Å². The van der Waals surface area contributed by atoms with Gasteiger partial charge in [-0.1, -0.05) is 6.42 Å². The van der Waals surface area contributed by atoms with Crippen LogP contribution in [-0.4, -0.2) is 17.8 Å². The Balaban J connectivity index is 1.83. The van der Waals surface area contributed by atoms with E-state index in [1.54, 1.807) is 0 Å². The van der Waals surface area contributed by atoms with E-state index < -0.39 is 0 Å². The van der Waals surface area contributed by atoms with Crippen molar-refractivity contribution in [2.45, 2.75) is 51.0 Å². The fraction of sp³-hybridized carbons (Fsp3) is 1.00. The van der Waals surface area contributed by atoms with Crippen LogP contribution >= 0.6 is 0 Å². The molecule has 1 spiro atoms. The van der Waals surface area contributed by atoms with Gasteiger partial charge in [-0.05, 0) is 61.7 Å². The van der Waals surface area contributed by atoms with Gasteiger partial charge in [-0.15, -0.1) is 0 Å². The molecule has 2 nitrogen and oxygen atoms in total. The fourth-order valence-electron chi connectivity index (χ4n) is 4.90. The van der Waals surface area contributed by atoms with E-state index in [2.05, 4.69) is 0 Å². The van der Waals surface area contributed by atoms with E-state index in [0.29, 0.717) is 24.0 Å². The third kappa shape index (κ3) is 1.31. The molecule has 86 valence electrons. The second-order valence-electron chi connectivity index (χ2n) is 6.17. The van der Waals surface area contributed by atoms with Crippen LogP contribution in [0, 0.1) is 23.2 Å². The van der Waals surface area contributed by atoms with Gasteiger partial charge in [-0.25, -0.2) is 0 Å². The predicted molar refractivity (Wildman–Crippen MR) is 60.3 cm³/mol. The van der Waals surface area contributed by atoms with Crippen molar-refractivity contribution in [2.75, 3.05) is 6.61 Å². The summed E-state index contributed by atoms with van der Waals surface area (Å²) in [6.07, 6.45) is 9.25. The summed E-state index contributed by atoms with van der Waals surface area (Å²) in [5.41, 5.74) is 6.90. The Hall–Kier alpha value is -0.0800. The molecule has 15 heavy (non-hydrogen) atoms. The van der Waals surface area contributed by atoms with Gasteiger partial charge in [0.1, 0.15) is 0 Å². The minimum absolute atomic E-state index is 0.381. The van der Waals surface area contributed by atoms with E-state index in [1.165, 1.54) is 44.9 Å². The van der Waals surface area contributed by atoms with Gasteiger partial charge in [-0.2, -0.15) is 0 Å². The maximum atomic E-state index is 9.35. The van der Waals surface area contributed by atoms with E-state index in [-0.39, 0.29) is 0 Å². The number of hydrogen-bond acceptors (Lipinski definition) is 2. The molecule has 2 heteroatoms. The van der Waals surface area contributed by atoms with E-state index in [9.17, 15) is 5.11 Å². The van der Waals surface area contributed by atoms with E-state index in [4.69, 9.17) is 5.73 Å². The minimum atomic E-state index is 0.381. The molecule has 5 atom stereocenters. The lowest BCUT2D eigenvalue weighted by molar-refractivity contribution is 0.0292. The highest BCUT2D eigenvalue weighted by molar-refractivity contribution is 5.09. The monoisotopic (exact) mass is 209 g/mol. The molecule has 2 bridgehead atoms. The van der Waals surface area contributed by atoms with Gasteiger partial charge < -0.3 is 10.8 Å². The van der Waals surface area contributed by atoms with E-state index >= 15 is 0 Å². The summed E-state index contributed by atoms with van der Waals surface area (Å²) in [7, 11) is 0. The summed E-state index contributed by atoms with van der Waals surface area (Å²) < 4.78 is 0. The molecule has 0 aromatic rings. The van der Waals surface area contributed by atoms with Crippen LogP contribution in [0.25, 0.3) is 0 Å². The topological polar surface area (TPSA) is 46.2 Å².